The van der Waals surface area contributed by atoms with Gasteiger partial charge in [-0.1, -0.05) is 36.4 Å². The van der Waals surface area contributed by atoms with Crippen LogP contribution in [0, 0.1) is 6.92 Å². The molecule has 0 radical (unpaired) electrons. The molecular formula is C27H27N3O3S. The van der Waals surface area contributed by atoms with Crippen molar-refractivity contribution in [2.24, 2.45) is 0 Å². The van der Waals surface area contributed by atoms with Gasteiger partial charge in [-0.05, 0) is 73.2 Å². The van der Waals surface area contributed by atoms with E-state index in [1.54, 1.807) is 30.3 Å². The molecule has 3 aromatic carbocycles. The Bertz CT molecular complexity index is 1420. The number of fused-ring (bicyclic) bond motifs is 1. The van der Waals surface area contributed by atoms with E-state index in [9.17, 15) is 13.2 Å². The van der Waals surface area contributed by atoms with Crippen molar-refractivity contribution in [3.05, 3.63) is 95.7 Å². The molecule has 5 rings (SSSR count). The first-order valence-electron chi connectivity index (χ1n) is 11.5. The number of likely N-dealkylation sites (tertiary alicyclic amines) is 1. The van der Waals surface area contributed by atoms with E-state index >= 15 is 0 Å². The largest absolute Gasteiger partial charge is 0.358 e. The summed E-state index contributed by atoms with van der Waals surface area (Å²) in [6.07, 6.45) is 1.73. The van der Waals surface area contributed by atoms with Crippen molar-refractivity contribution < 1.29 is 13.2 Å². The Balaban J connectivity index is 1.27. The molecule has 0 atom stereocenters. The lowest BCUT2D eigenvalue weighted by molar-refractivity contribution is 0.0712. The average molecular weight is 474 g/mol. The minimum absolute atomic E-state index is 0.0767. The van der Waals surface area contributed by atoms with E-state index in [-0.39, 0.29) is 10.8 Å². The molecule has 0 aliphatic carbocycles. The van der Waals surface area contributed by atoms with E-state index in [1.807, 2.05) is 30.0 Å². The maximum Gasteiger partial charge on any atom is 0.261 e. The summed E-state index contributed by atoms with van der Waals surface area (Å²) in [4.78, 5) is 18.6. The number of hydrogen-bond acceptors (Lipinski definition) is 3. The van der Waals surface area contributed by atoms with Gasteiger partial charge in [0.25, 0.3) is 15.9 Å². The first-order chi connectivity index (χ1) is 16.4. The lowest BCUT2D eigenvalue weighted by Gasteiger charge is -2.31. The summed E-state index contributed by atoms with van der Waals surface area (Å²) in [5, 5.41) is 1.20. The summed E-state index contributed by atoms with van der Waals surface area (Å²) in [5.74, 6) is 0.240. The van der Waals surface area contributed by atoms with Gasteiger partial charge in [0.2, 0.25) is 0 Å². The molecule has 6 nitrogen and oxygen atoms in total. The molecule has 34 heavy (non-hydrogen) atoms. The minimum atomic E-state index is -3.80. The smallest absolute Gasteiger partial charge is 0.261 e. The molecule has 2 N–H and O–H groups in total. The number of para-hydroxylation sites is 1. The number of carbonyl (C=O) groups is 1. The predicted octanol–water partition coefficient (Wildman–Crippen LogP) is 5.30. The van der Waals surface area contributed by atoms with E-state index in [0.717, 1.165) is 23.9 Å². The quantitative estimate of drug-likeness (QED) is 0.413. The molecule has 0 unspecified atom stereocenters. The number of aromatic nitrogens is 1. The maximum absolute atomic E-state index is 13.2. The summed E-state index contributed by atoms with van der Waals surface area (Å²) >= 11 is 0. The van der Waals surface area contributed by atoms with E-state index in [0.29, 0.717) is 30.3 Å². The number of nitrogens with zero attached hydrogens (tertiary/aromatic N) is 1. The molecule has 1 fully saturated rings. The van der Waals surface area contributed by atoms with E-state index in [1.165, 1.54) is 23.2 Å². The van der Waals surface area contributed by atoms with Gasteiger partial charge in [0.05, 0.1) is 4.90 Å². The van der Waals surface area contributed by atoms with Crippen molar-refractivity contribution in [2.75, 3.05) is 17.8 Å². The molecule has 174 valence electrons. The van der Waals surface area contributed by atoms with Crippen LogP contribution in [0.4, 0.5) is 5.69 Å². The zero-order valence-corrected chi connectivity index (χ0v) is 19.8. The zero-order chi connectivity index (χ0) is 23.7. The van der Waals surface area contributed by atoms with Crippen LogP contribution < -0.4 is 4.72 Å². The Hall–Kier alpha value is -3.58. The average Bonchev–Trinajstić information content (AvgIpc) is 3.28. The van der Waals surface area contributed by atoms with Gasteiger partial charge in [-0.15, -0.1) is 0 Å². The zero-order valence-electron chi connectivity index (χ0n) is 19.0. The molecule has 1 saturated heterocycles. The number of benzene rings is 3. The van der Waals surface area contributed by atoms with E-state index in [2.05, 4.69) is 27.9 Å². The number of sulfonamides is 1. The number of aryl methyl sites for hydroxylation is 1. The number of aromatic amines is 1. The monoisotopic (exact) mass is 473 g/mol. The number of amides is 1. The summed E-state index contributed by atoms with van der Waals surface area (Å²) in [5.41, 5.74) is 4.18. The highest BCUT2D eigenvalue weighted by Crippen LogP contribution is 2.30. The van der Waals surface area contributed by atoms with Crippen molar-refractivity contribution in [1.82, 2.24) is 9.88 Å². The summed E-state index contributed by atoms with van der Waals surface area (Å²) < 4.78 is 28.4. The second kappa shape index (κ2) is 8.99. The predicted molar refractivity (Wildman–Crippen MR) is 135 cm³/mol. The Morgan fingerprint density at radius 1 is 0.941 bits per heavy atom. The Kier molecular flexibility index (Phi) is 5.87. The molecule has 2 heterocycles. The lowest BCUT2D eigenvalue weighted by Crippen LogP contribution is -2.38. The standard InChI is InChI=1S/C27H27N3O3S/c1-19-6-4-9-23(16-19)29-34(32,33)24-10-5-8-22(17-24)27(31)30-14-12-20(13-15-30)26-18-21-7-2-3-11-25(21)28-26/h2-11,16-18,20,28-29H,12-15H2,1H3. The SMILES string of the molecule is Cc1cccc(NS(=O)(=O)c2cccc(C(=O)N3CCC(c4cc5ccccc5[nH]4)CC3)c2)c1. The van der Waals surface area contributed by atoms with Gasteiger partial charge in [-0.2, -0.15) is 0 Å². The van der Waals surface area contributed by atoms with E-state index in [4.69, 9.17) is 0 Å². The number of anilines is 1. The molecule has 0 bridgehead atoms. The van der Waals surface area contributed by atoms with Gasteiger partial charge in [-0.3, -0.25) is 9.52 Å². The van der Waals surface area contributed by atoms with Crippen LogP contribution in [0.25, 0.3) is 10.9 Å². The fraction of sp³-hybridized carbons (Fsp3) is 0.222. The van der Waals surface area contributed by atoms with Gasteiger partial charge in [0.1, 0.15) is 0 Å². The lowest BCUT2D eigenvalue weighted by atomic mass is 9.93. The van der Waals surface area contributed by atoms with Gasteiger partial charge < -0.3 is 9.88 Å². The summed E-state index contributed by atoms with van der Waals surface area (Å²) in [7, 11) is -3.80. The fourth-order valence-corrected chi connectivity index (χ4v) is 5.71. The molecule has 0 saturated carbocycles. The fourth-order valence-electron chi connectivity index (χ4n) is 4.61. The summed E-state index contributed by atoms with van der Waals surface area (Å²) in [6.45, 7) is 3.17. The topological polar surface area (TPSA) is 82.3 Å². The maximum atomic E-state index is 13.2. The third-order valence-corrected chi connectivity index (χ3v) is 7.81. The third-order valence-electron chi connectivity index (χ3n) is 6.43. The minimum Gasteiger partial charge on any atom is -0.358 e. The molecule has 1 aromatic heterocycles. The number of carbonyl (C=O) groups excluding carboxylic acids is 1. The van der Waals surface area contributed by atoms with Gasteiger partial charge in [-0.25, -0.2) is 8.42 Å². The van der Waals surface area contributed by atoms with Gasteiger partial charge >= 0.3 is 0 Å². The highest BCUT2D eigenvalue weighted by atomic mass is 32.2. The van der Waals surface area contributed by atoms with Crippen molar-refractivity contribution in [3.63, 3.8) is 0 Å². The van der Waals surface area contributed by atoms with Crippen LogP contribution in [-0.4, -0.2) is 37.3 Å². The van der Waals surface area contributed by atoms with Gasteiger partial charge in [0, 0.05) is 41.5 Å². The molecule has 1 amide bonds. The van der Waals surface area contributed by atoms with Crippen LogP contribution in [-0.2, 0) is 10.0 Å². The first-order valence-corrected chi connectivity index (χ1v) is 12.9. The van der Waals surface area contributed by atoms with Gasteiger partial charge in [0.15, 0.2) is 0 Å². The number of rotatable bonds is 5. The first kappa shape index (κ1) is 22.2. The Labute approximate surface area is 199 Å². The second-order valence-electron chi connectivity index (χ2n) is 8.88. The van der Waals surface area contributed by atoms with Crippen molar-refractivity contribution >= 4 is 32.5 Å². The van der Waals surface area contributed by atoms with Crippen LogP contribution in [0.2, 0.25) is 0 Å². The molecule has 0 spiro atoms. The van der Waals surface area contributed by atoms with Crippen LogP contribution in [0.15, 0.2) is 83.8 Å². The Morgan fingerprint density at radius 2 is 1.71 bits per heavy atom. The number of hydrogen-bond donors (Lipinski definition) is 2. The molecular weight excluding hydrogens is 446 g/mol. The number of H-pyrrole nitrogens is 1. The Morgan fingerprint density at radius 3 is 2.47 bits per heavy atom. The number of piperidine rings is 1. The van der Waals surface area contributed by atoms with Crippen molar-refractivity contribution in [2.45, 2.75) is 30.6 Å². The van der Waals surface area contributed by atoms with Crippen LogP contribution in [0.1, 0.15) is 40.4 Å². The molecule has 1 aliphatic heterocycles. The number of nitrogens with one attached hydrogen (secondary N) is 2. The summed E-state index contributed by atoms with van der Waals surface area (Å²) in [6, 6.07) is 23.9. The van der Waals surface area contributed by atoms with E-state index < -0.39 is 10.0 Å². The molecule has 1 aliphatic rings. The normalized spacial score (nSPS) is 14.9. The van der Waals surface area contributed by atoms with Crippen LogP contribution in [0.5, 0.6) is 0 Å². The highest BCUT2D eigenvalue weighted by Gasteiger charge is 2.26. The van der Waals surface area contributed by atoms with Crippen molar-refractivity contribution in [1.29, 1.82) is 0 Å². The van der Waals surface area contributed by atoms with Crippen LogP contribution in [0.3, 0.4) is 0 Å². The molecule has 4 aromatic rings. The van der Waals surface area contributed by atoms with Crippen LogP contribution >= 0.6 is 0 Å². The second-order valence-corrected chi connectivity index (χ2v) is 10.6. The highest BCUT2D eigenvalue weighted by molar-refractivity contribution is 7.92. The van der Waals surface area contributed by atoms with Crippen molar-refractivity contribution in [3.8, 4) is 0 Å². The third kappa shape index (κ3) is 4.56. The molecule has 7 heteroatoms.